The molecule has 0 bridgehead atoms. The zero-order valence-electron chi connectivity index (χ0n) is 29.4. The summed E-state index contributed by atoms with van der Waals surface area (Å²) in [5, 5.41) is 0. The second kappa shape index (κ2) is 12.8. The van der Waals surface area contributed by atoms with Crippen molar-refractivity contribution in [2.45, 2.75) is 73.1 Å². The van der Waals surface area contributed by atoms with E-state index in [1.165, 1.54) is 5.56 Å². The van der Waals surface area contributed by atoms with Gasteiger partial charge in [-0.2, -0.15) is 0 Å². The normalized spacial score (nSPS) is 11.9. The first-order valence-corrected chi connectivity index (χ1v) is 16.4. The third-order valence-electron chi connectivity index (χ3n) is 8.29. The maximum Gasteiger partial charge on any atom is 0.219 e. The second-order valence-electron chi connectivity index (χ2n) is 14.5. The number of rotatable bonds is 6. The lowest BCUT2D eigenvalue weighted by Gasteiger charge is -2.23. The van der Waals surface area contributed by atoms with Crippen molar-refractivity contribution in [3.05, 3.63) is 126 Å². The van der Waals surface area contributed by atoms with Gasteiger partial charge in [0.15, 0.2) is 5.82 Å². The van der Waals surface area contributed by atoms with Crippen LogP contribution in [0.15, 0.2) is 97.2 Å². The summed E-state index contributed by atoms with van der Waals surface area (Å²) in [4.78, 5) is 24.3. The van der Waals surface area contributed by atoms with Gasteiger partial charge in [0.2, 0.25) is 5.88 Å². The van der Waals surface area contributed by atoms with Crippen LogP contribution in [0.2, 0.25) is 0 Å². The van der Waals surface area contributed by atoms with Crippen molar-refractivity contribution in [2.24, 2.45) is 0 Å². The van der Waals surface area contributed by atoms with Gasteiger partial charge in [0.05, 0.1) is 11.4 Å². The van der Waals surface area contributed by atoms with Gasteiger partial charge in [-0.15, -0.1) is 0 Å². The van der Waals surface area contributed by atoms with Crippen LogP contribution in [-0.2, 0) is 10.8 Å². The first-order chi connectivity index (χ1) is 22.8. The fourth-order valence-electron chi connectivity index (χ4n) is 5.73. The van der Waals surface area contributed by atoms with Crippen LogP contribution in [0, 0.1) is 20.8 Å². The van der Waals surface area contributed by atoms with E-state index < -0.39 is 0 Å². The molecule has 0 atom stereocenters. The summed E-state index contributed by atoms with van der Waals surface area (Å²) in [5.41, 5.74) is 10.1. The highest BCUT2D eigenvalue weighted by atomic mass is 16.5. The molecule has 0 N–H and O–H groups in total. The minimum Gasteiger partial charge on any atom is -0.439 e. The first-order valence-electron chi connectivity index (χ1n) is 16.4. The third kappa shape index (κ3) is 7.03. The van der Waals surface area contributed by atoms with Crippen molar-refractivity contribution >= 4 is 0 Å². The number of ether oxygens (including phenoxy) is 1. The first kappa shape index (κ1) is 32.7. The number of nitrogens with zero attached hydrogens (tertiary/aromatic N) is 5. The minimum absolute atomic E-state index is 0.197. The van der Waals surface area contributed by atoms with Crippen molar-refractivity contribution in [1.82, 2.24) is 24.9 Å². The van der Waals surface area contributed by atoms with E-state index in [1.807, 2.05) is 72.9 Å². The van der Waals surface area contributed by atoms with Crippen LogP contribution in [0.3, 0.4) is 0 Å². The molecule has 242 valence electrons. The Morgan fingerprint density at radius 1 is 0.521 bits per heavy atom. The van der Waals surface area contributed by atoms with E-state index in [9.17, 15) is 0 Å². The van der Waals surface area contributed by atoms with E-state index in [0.717, 1.165) is 62.0 Å². The molecule has 0 aliphatic rings. The van der Waals surface area contributed by atoms with Gasteiger partial charge >= 0.3 is 0 Å². The van der Waals surface area contributed by atoms with E-state index in [2.05, 4.69) is 86.6 Å². The Morgan fingerprint density at radius 2 is 1.15 bits per heavy atom. The van der Waals surface area contributed by atoms with Gasteiger partial charge in [0, 0.05) is 39.8 Å². The maximum absolute atomic E-state index is 6.24. The molecule has 0 aliphatic heterocycles. The monoisotopic (exact) mass is 633 g/mol. The summed E-state index contributed by atoms with van der Waals surface area (Å²) < 4.78 is 6.24. The molecule has 3 aromatic heterocycles. The van der Waals surface area contributed by atoms with E-state index in [0.29, 0.717) is 17.5 Å². The van der Waals surface area contributed by atoms with Crippen LogP contribution in [0.25, 0.3) is 45.0 Å². The zero-order valence-corrected chi connectivity index (χ0v) is 29.4. The number of aromatic nitrogens is 5. The molecule has 6 aromatic rings. The van der Waals surface area contributed by atoms with Crippen LogP contribution >= 0.6 is 0 Å². The lowest BCUT2D eigenvalue weighted by molar-refractivity contribution is 0.464. The second-order valence-corrected chi connectivity index (χ2v) is 14.5. The van der Waals surface area contributed by atoms with E-state index in [1.54, 1.807) is 0 Å². The minimum atomic E-state index is -0.197. The van der Waals surface area contributed by atoms with E-state index >= 15 is 0 Å². The van der Waals surface area contributed by atoms with Gasteiger partial charge in [0.25, 0.3) is 0 Å². The number of hydrogen-bond donors (Lipinski definition) is 0. The molecule has 0 saturated carbocycles. The summed E-state index contributed by atoms with van der Waals surface area (Å²) in [6.45, 7) is 19.3. The molecule has 0 amide bonds. The van der Waals surface area contributed by atoms with Crippen molar-refractivity contribution < 1.29 is 4.74 Å². The molecular weight excluding hydrogens is 590 g/mol. The Balaban J connectivity index is 1.33. The molecule has 0 aliphatic carbocycles. The van der Waals surface area contributed by atoms with E-state index in [4.69, 9.17) is 29.7 Å². The average Bonchev–Trinajstić information content (AvgIpc) is 3.05. The molecule has 0 unspecified atom stereocenters. The highest BCUT2D eigenvalue weighted by Crippen LogP contribution is 2.36. The Morgan fingerprint density at radius 3 is 1.79 bits per heavy atom. The molecule has 48 heavy (non-hydrogen) atoms. The van der Waals surface area contributed by atoms with Gasteiger partial charge in [-0.25, -0.2) is 19.9 Å². The average molecular weight is 634 g/mol. The van der Waals surface area contributed by atoms with Crippen LogP contribution in [0.4, 0.5) is 0 Å². The summed E-state index contributed by atoms with van der Waals surface area (Å²) in [5.74, 6) is 3.56. The SMILES string of the molecule is Cc1cnc(-c2cccc(Oc3cccc(-c4ccccc4)n3)c2)cc1-c1c(C)cc(-c2nc(C(C)(C)C)nc(C(C)(C)C)n2)cc1C. The number of pyridine rings is 2. The van der Waals surface area contributed by atoms with Crippen LogP contribution in [-0.4, -0.2) is 24.9 Å². The molecular formula is C42H43N5O. The fraction of sp³-hybridized carbons (Fsp3) is 0.262. The van der Waals surface area contributed by atoms with Gasteiger partial charge in [-0.05, 0) is 85.0 Å². The predicted molar refractivity (Wildman–Crippen MR) is 195 cm³/mol. The number of hydrogen-bond acceptors (Lipinski definition) is 6. The van der Waals surface area contributed by atoms with Crippen LogP contribution in [0.1, 0.15) is 69.9 Å². The lowest BCUT2D eigenvalue weighted by Crippen LogP contribution is -2.24. The van der Waals surface area contributed by atoms with Crippen LogP contribution < -0.4 is 4.74 Å². The maximum atomic E-state index is 6.24. The summed E-state index contributed by atoms with van der Waals surface area (Å²) in [6.07, 6.45) is 1.95. The summed E-state index contributed by atoms with van der Waals surface area (Å²) >= 11 is 0. The smallest absolute Gasteiger partial charge is 0.219 e. The Kier molecular flexibility index (Phi) is 8.69. The van der Waals surface area contributed by atoms with Crippen molar-refractivity contribution in [3.63, 3.8) is 0 Å². The molecule has 3 aromatic carbocycles. The summed E-state index contributed by atoms with van der Waals surface area (Å²) in [7, 11) is 0. The van der Waals surface area contributed by atoms with Crippen molar-refractivity contribution in [1.29, 1.82) is 0 Å². The third-order valence-corrected chi connectivity index (χ3v) is 8.29. The Labute approximate surface area is 284 Å². The summed E-state index contributed by atoms with van der Waals surface area (Å²) in [6, 6.07) is 30.5. The molecule has 0 spiro atoms. The fourth-order valence-corrected chi connectivity index (χ4v) is 5.73. The predicted octanol–water partition coefficient (Wildman–Crippen LogP) is 10.6. The van der Waals surface area contributed by atoms with Crippen LogP contribution in [0.5, 0.6) is 11.6 Å². The number of aryl methyl sites for hydroxylation is 3. The Hall–Kier alpha value is -5.23. The van der Waals surface area contributed by atoms with Gasteiger partial charge in [0.1, 0.15) is 17.4 Å². The van der Waals surface area contributed by atoms with Gasteiger partial charge in [-0.1, -0.05) is 90.1 Å². The zero-order chi connectivity index (χ0) is 34.2. The molecule has 6 rings (SSSR count). The quantitative estimate of drug-likeness (QED) is 0.182. The molecule has 6 heteroatoms. The lowest BCUT2D eigenvalue weighted by atomic mass is 9.90. The molecule has 0 saturated heterocycles. The Bertz CT molecular complexity index is 2050. The van der Waals surface area contributed by atoms with Crippen molar-refractivity contribution in [2.75, 3.05) is 0 Å². The molecule has 3 heterocycles. The highest BCUT2D eigenvalue weighted by molar-refractivity contribution is 5.80. The molecule has 0 fully saturated rings. The molecule has 0 radical (unpaired) electrons. The number of benzene rings is 3. The highest BCUT2D eigenvalue weighted by Gasteiger charge is 2.26. The van der Waals surface area contributed by atoms with E-state index in [-0.39, 0.29) is 10.8 Å². The molecule has 6 nitrogen and oxygen atoms in total. The largest absolute Gasteiger partial charge is 0.439 e. The van der Waals surface area contributed by atoms with Gasteiger partial charge < -0.3 is 4.74 Å². The topological polar surface area (TPSA) is 73.7 Å². The van der Waals surface area contributed by atoms with Gasteiger partial charge in [-0.3, -0.25) is 4.98 Å². The standard InChI is InChI=1S/C42H43N5O/c1-26-21-31(38-45-39(41(4,5)6)47-40(46-38)42(7,8)9)22-27(2)37(26)33-24-35(43-25-28(33)3)30-17-13-18-32(23-30)48-36-20-14-19-34(44-36)29-15-11-10-12-16-29/h10-25H,1-9H3. The van der Waals surface area contributed by atoms with Crippen molar-refractivity contribution in [3.8, 4) is 56.7 Å².